The molecular weight excluding hydrogens is 420 g/mol. The summed E-state index contributed by atoms with van der Waals surface area (Å²) >= 11 is 0. The van der Waals surface area contributed by atoms with Crippen molar-refractivity contribution in [1.29, 1.82) is 0 Å². The monoisotopic (exact) mass is 444 g/mol. The van der Waals surface area contributed by atoms with Crippen molar-refractivity contribution in [1.82, 2.24) is 15.1 Å². The number of furan rings is 1. The molecule has 0 saturated carbocycles. The molecule has 8 nitrogen and oxygen atoms in total. The molecule has 0 aliphatic carbocycles. The summed E-state index contributed by atoms with van der Waals surface area (Å²) in [6.07, 6.45) is 1.44. The van der Waals surface area contributed by atoms with Crippen LogP contribution >= 0.6 is 0 Å². The number of carbonyl (C=O) groups excluding carboxylic acids is 2. The molecule has 8 heteroatoms. The van der Waals surface area contributed by atoms with Gasteiger partial charge in [-0.3, -0.25) is 14.4 Å². The van der Waals surface area contributed by atoms with E-state index in [9.17, 15) is 14.4 Å². The summed E-state index contributed by atoms with van der Waals surface area (Å²) in [5, 5.41) is 11.0. The molecule has 4 rings (SSSR count). The minimum absolute atomic E-state index is 0.206. The Kier molecular flexibility index (Phi) is 6.35. The first-order chi connectivity index (χ1) is 15.9. The summed E-state index contributed by atoms with van der Waals surface area (Å²) in [5.74, 6) is -0.265. The standard InChI is InChI=1S/C25H24N4O4/c1-16(2)15-29-25(32)20-7-4-3-6-19(20)22(28-29)24(31)26-14-17-9-11-18(12-10-17)27-23(30)21-8-5-13-33-21/h3-13,16H,14-15H2,1-2H3,(H,26,31)(H,27,30). The van der Waals surface area contributed by atoms with Gasteiger partial charge in [0.2, 0.25) is 0 Å². The zero-order valence-corrected chi connectivity index (χ0v) is 18.4. The van der Waals surface area contributed by atoms with E-state index >= 15 is 0 Å². The molecule has 168 valence electrons. The Morgan fingerprint density at radius 2 is 1.70 bits per heavy atom. The fourth-order valence-corrected chi connectivity index (χ4v) is 3.44. The van der Waals surface area contributed by atoms with Gasteiger partial charge < -0.3 is 15.1 Å². The third-order valence-corrected chi connectivity index (χ3v) is 5.03. The van der Waals surface area contributed by atoms with Gasteiger partial charge in [0.1, 0.15) is 0 Å². The molecule has 0 atom stereocenters. The van der Waals surface area contributed by atoms with Crippen molar-refractivity contribution in [2.24, 2.45) is 5.92 Å². The van der Waals surface area contributed by atoms with Crippen molar-refractivity contribution < 1.29 is 14.0 Å². The molecule has 0 spiro atoms. The Bertz CT molecular complexity index is 1340. The summed E-state index contributed by atoms with van der Waals surface area (Å²) in [4.78, 5) is 37.8. The molecule has 2 amide bonds. The average Bonchev–Trinajstić information content (AvgIpc) is 3.35. The highest BCUT2D eigenvalue weighted by Gasteiger charge is 2.17. The smallest absolute Gasteiger partial charge is 0.291 e. The Labute approximate surface area is 190 Å². The number of anilines is 1. The lowest BCUT2D eigenvalue weighted by atomic mass is 10.1. The molecule has 0 saturated heterocycles. The van der Waals surface area contributed by atoms with Crippen LogP contribution in [0.25, 0.3) is 10.8 Å². The van der Waals surface area contributed by atoms with Crippen LogP contribution in [0.4, 0.5) is 5.69 Å². The van der Waals surface area contributed by atoms with E-state index in [0.29, 0.717) is 23.0 Å². The van der Waals surface area contributed by atoms with Gasteiger partial charge in [0.15, 0.2) is 11.5 Å². The minimum atomic E-state index is -0.362. The lowest BCUT2D eigenvalue weighted by Crippen LogP contribution is -2.31. The zero-order valence-electron chi connectivity index (χ0n) is 18.4. The van der Waals surface area contributed by atoms with Gasteiger partial charge in [-0.1, -0.05) is 44.2 Å². The van der Waals surface area contributed by atoms with Crippen molar-refractivity contribution in [3.05, 3.63) is 94.3 Å². The molecule has 4 aromatic rings. The maximum absolute atomic E-state index is 13.0. The number of aromatic nitrogens is 2. The van der Waals surface area contributed by atoms with Crippen LogP contribution in [0.5, 0.6) is 0 Å². The van der Waals surface area contributed by atoms with Crippen LogP contribution in [-0.2, 0) is 13.1 Å². The Morgan fingerprint density at radius 1 is 0.970 bits per heavy atom. The number of hydrogen-bond donors (Lipinski definition) is 2. The molecule has 0 aliphatic heterocycles. The molecule has 0 radical (unpaired) electrons. The highest BCUT2D eigenvalue weighted by atomic mass is 16.3. The third-order valence-electron chi connectivity index (χ3n) is 5.03. The number of hydrogen-bond acceptors (Lipinski definition) is 5. The van der Waals surface area contributed by atoms with E-state index in [4.69, 9.17) is 4.42 Å². The van der Waals surface area contributed by atoms with Gasteiger partial charge >= 0.3 is 0 Å². The molecular formula is C25H24N4O4. The molecule has 33 heavy (non-hydrogen) atoms. The third kappa shape index (κ3) is 5.01. The Balaban J connectivity index is 1.48. The number of carbonyl (C=O) groups is 2. The Hall–Kier alpha value is -4.20. The van der Waals surface area contributed by atoms with Crippen LogP contribution in [0.2, 0.25) is 0 Å². The fraction of sp³-hybridized carbons (Fsp3) is 0.200. The van der Waals surface area contributed by atoms with Gasteiger partial charge in [-0.25, -0.2) is 4.68 Å². The van der Waals surface area contributed by atoms with Gasteiger partial charge in [-0.05, 0) is 41.8 Å². The van der Waals surface area contributed by atoms with Crippen molar-refractivity contribution >= 4 is 28.3 Å². The summed E-state index contributed by atoms with van der Waals surface area (Å²) in [6, 6.07) is 17.3. The second-order valence-electron chi connectivity index (χ2n) is 8.09. The molecule has 0 fully saturated rings. The van der Waals surface area contributed by atoms with E-state index in [2.05, 4.69) is 15.7 Å². The predicted octanol–water partition coefficient (Wildman–Crippen LogP) is 3.83. The molecule has 0 unspecified atom stereocenters. The van der Waals surface area contributed by atoms with Crippen molar-refractivity contribution in [3.63, 3.8) is 0 Å². The van der Waals surface area contributed by atoms with Crippen LogP contribution < -0.4 is 16.2 Å². The van der Waals surface area contributed by atoms with Crippen LogP contribution in [0, 0.1) is 5.92 Å². The second-order valence-corrected chi connectivity index (χ2v) is 8.09. The van der Waals surface area contributed by atoms with Crippen LogP contribution in [0.15, 0.2) is 76.1 Å². The number of fused-ring (bicyclic) bond motifs is 1. The van der Waals surface area contributed by atoms with Crippen LogP contribution in [0.3, 0.4) is 0 Å². The lowest BCUT2D eigenvalue weighted by Gasteiger charge is -2.13. The van der Waals surface area contributed by atoms with Crippen molar-refractivity contribution in [3.8, 4) is 0 Å². The second kappa shape index (κ2) is 9.52. The number of amides is 2. The highest BCUT2D eigenvalue weighted by Crippen LogP contribution is 2.15. The SMILES string of the molecule is CC(C)Cn1nc(C(=O)NCc2ccc(NC(=O)c3ccco3)cc2)c2ccccc2c1=O. The fourth-order valence-electron chi connectivity index (χ4n) is 3.44. The van der Waals surface area contributed by atoms with E-state index in [1.165, 1.54) is 10.9 Å². The molecule has 2 aromatic heterocycles. The summed E-state index contributed by atoms with van der Waals surface area (Å²) in [5.41, 5.74) is 1.47. The van der Waals surface area contributed by atoms with E-state index < -0.39 is 0 Å². The predicted molar refractivity (Wildman–Crippen MR) is 125 cm³/mol. The quantitative estimate of drug-likeness (QED) is 0.451. The summed E-state index contributed by atoms with van der Waals surface area (Å²) < 4.78 is 6.44. The van der Waals surface area contributed by atoms with Crippen LogP contribution in [-0.4, -0.2) is 21.6 Å². The zero-order chi connectivity index (χ0) is 23.4. The van der Waals surface area contributed by atoms with E-state index in [1.807, 2.05) is 26.0 Å². The van der Waals surface area contributed by atoms with Gasteiger partial charge in [0, 0.05) is 24.2 Å². The maximum Gasteiger partial charge on any atom is 0.291 e. The molecule has 0 aliphatic rings. The molecule has 2 aromatic carbocycles. The van der Waals surface area contributed by atoms with E-state index in [1.54, 1.807) is 48.5 Å². The van der Waals surface area contributed by atoms with Gasteiger partial charge in [0.25, 0.3) is 17.4 Å². The Morgan fingerprint density at radius 3 is 2.36 bits per heavy atom. The van der Waals surface area contributed by atoms with Crippen LogP contribution in [0.1, 0.15) is 40.5 Å². The molecule has 2 heterocycles. The topological polar surface area (TPSA) is 106 Å². The summed E-state index contributed by atoms with van der Waals surface area (Å²) in [7, 11) is 0. The van der Waals surface area contributed by atoms with Gasteiger partial charge in [0.05, 0.1) is 11.6 Å². The van der Waals surface area contributed by atoms with Gasteiger partial charge in [-0.2, -0.15) is 5.10 Å². The lowest BCUT2D eigenvalue weighted by molar-refractivity contribution is 0.0944. The normalized spacial score (nSPS) is 11.0. The minimum Gasteiger partial charge on any atom is -0.459 e. The maximum atomic E-state index is 13.0. The number of benzene rings is 2. The average molecular weight is 444 g/mol. The molecule has 0 bridgehead atoms. The van der Waals surface area contributed by atoms with Gasteiger partial charge in [-0.15, -0.1) is 0 Å². The molecule has 2 N–H and O–H groups in total. The first-order valence-electron chi connectivity index (χ1n) is 10.6. The number of rotatable bonds is 7. The van der Waals surface area contributed by atoms with E-state index in [0.717, 1.165) is 5.56 Å². The number of nitrogens with zero attached hydrogens (tertiary/aromatic N) is 2. The summed E-state index contributed by atoms with van der Waals surface area (Å²) in [6.45, 7) is 4.67. The first kappa shape index (κ1) is 22.0. The first-order valence-corrected chi connectivity index (χ1v) is 10.6. The largest absolute Gasteiger partial charge is 0.459 e. The van der Waals surface area contributed by atoms with E-state index in [-0.39, 0.29) is 41.3 Å². The highest BCUT2D eigenvalue weighted by molar-refractivity contribution is 6.04. The van der Waals surface area contributed by atoms with Crippen molar-refractivity contribution in [2.75, 3.05) is 5.32 Å². The van der Waals surface area contributed by atoms with Crippen molar-refractivity contribution in [2.45, 2.75) is 26.9 Å². The number of nitrogens with one attached hydrogen (secondary N) is 2.